The maximum Gasteiger partial charge on any atom is 0.231 e. The molecular weight excluding hydrogens is 254 g/mol. The SMILES string of the molecule is CCOC1(OCC)[C@@H](C(=O)N(C(C)C)C(C)C)C[C@@H]1C. The van der Waals surface area contributed by atoms with Gasteiger partial charge in [0.1, 0.15) is 0 Å². The zero-order valence-electron chi connectivity index (χ0n) is 14.1. The van der Waals surface area contributed by atoms with E-state index >= 15 is 0 Å². The standard InChI is InChI=1S/C16H31NO3/c1-8-19-16(20-9-2)13(7)10-14(16)15(18)17(11(3)4)12(5)6/h11-14H,8-10H2,1-7H3/t13-,14+/m0/s1. The fraction of sp³-hybridized carbons (Fsp3) is 0.938. The molecule has 2 atom stereocenters. The van der Waals surface area contributed by atoms with E-state index in [4.69, 9.17) is 9.47 Å². The summed E-state index contributed by atoms with van der Waals surface area (Å²) >= 11 is 0. The van der Waals surface area contributed by atoms with Gasteiger partial charge in [-0.15, -0.1) is 0 Å². The molecule has 0 saturated heterocycles. The van der Waals surface area contributed by atoms with Crippen LogP contribution in [0.15, 0.2) is 0 Å². The van der Waals surface area contributed by atoms with Crippen LogP contribution in [-0.4, -0.2) is 41.9 Å². The average molecular weight is 285 g/mol. The van der Waals surface area contributed by atoms with Gasteiger partial charge in [0.25, 0.3) is 0 Å². The minimum absolute atomic E-state index is 0.162. The number of ether oxygens (including phenoxy) is 2. The van der Waals surface area contributed by atoms with Crippen molar-refractivity contribution < 1.29 is 14.3 Å². The van der Waals surface area contributed by atoms with Crippen molar-refractivity contribution in [2.75, 3.05) is 13.2 Å². The number of carbonyl (C=O) groups is 1. The maximum absolute atomic E-state index is 12.9. The largest absolute Gasteiger partial charge is 0.349 e. The van der Waals surface area contributed by atoms with Gasteiger partial charge in [-0.1, -0.05) is 6.92 Å². The highest BCUT2D eigenvalue weighted by Gasteiger charge is 2.59. The molecule has 0 unspecified atom stereocenters. The summed E-state index contributed by atoms with van der Waals surface area (Å²) in [6.07, 6.45) is 0.842. The highest BCUT2D eigenvalue weighted by atomic mass is 16.7. The van der Waals surface area contributed by atoms with Gasteiger partial charge in [0.2, 0.25) is 5.91 Å². The van der Waals surface area contributed by atoms with E-state index in [2.05, 4.69) is 34.6 Å². The summed E-state index contributed by atoms with van der Waals surface area (Å²) in [6.45, 7) is 15.4. The lowest BCUT2D eigenvalue weighted by molar-refractivity contribution is -0.331. The molecule has 0 aromatic carbocycles. The molecular formula is C16H31NO3. The van der Waals surface area contributed by atoms with Crippen LogP contribution in [0.5, 0.6) is 0 Å². The highest BCUT2D eigenvalue weighted by Crippen LogP contribution is 2.49. The third-order valence-electron chi connectivity index (χ3n) is 4.17. The molecule has 118 valence electrons. The summed E-state index contributed by atoms with van der Waals surface area (Å²) in [4.78, 5) is 14.8. The summed E-state index contributed by atoms with van der Waals surface area (Å²) in [5.74, 6) is -0.475. The number of rotatable bonds is 7. The van der Waals surface area contributed by atoms with Crippen LogP contribution in [-0.2, 0) is 14.3 Å². The van der Waals surface area contributed by atoms with Crippen molar-refractivity contribution in [2.24, 2.45) is 11.8 Å². The van der Waals surface area contributed by atoms with Crippen LogP contribution in [0.3, 0.4) is 0 Å². The molecule has 1 aliphatic carbocycles. The monoisotopic (exact) mass is 285 g/mol. The summed E-state index contributed by atoms with van der Waals surface area (Å²) in [5, 5.41) is 0. The van der Waals surface area contributed by atoms with E-state index in [0.717, 1.165) is 6.42 Å². The molecule has 0 aromatic heterocycles. The molecule has 4 heteroatoms. The topological polar surface area (TPSA) is 38.8 Å². The van der Waals surface area contributed by atoms with Gasteiger partial charge in [0.15, 0.2) is 5.79 Å². The normalized spacial score (nSPS) is 24.9. The smallest absolute Gasteiger partial charge is 0.231 e. The lowest BCUT2D eigenvalue weighted by Gasteiger charge is -2.54. The zero-order chi connectivity index (χ0) is 15.5. The predicted molar refractivity (Wildman–Crippen MR) is 80.4 cm³/mol. The summed E-state index contributed by atoms with van der Waals surface area (Å²) in [5.41, 5.74) is 0. The first kappa shape index (κ1) is 17.4. The van der Waals surface area contributed by atoms with E-state index in [1.165, 1.54) is 0 Å². The van der Waals surface area contributed by atoms with Gasteiger partial charge in [0, 0.05) is 31.2 Å². The first-order valence-corrected chi connectivity index (χ1v) is 7.91. The van der Waals surface area contributed by atoms with E-state index in [9.17, 15) is 4.79 Å². The number of nitrogens with zero attached hydrogens (tertiary/aromatic N) is 1. The van der Waals surface area contributed by atoms with E-state index in [1.54, 1.807) is 0 Å². The second-order valence-electron chi connectivity index (χ2n) is 6.21. The Bertz CT molecular complexity index is 314. The molecule has 1 saturated carbocycles. The van der Waals surface area contributed by atoms with E-state index < -0.39 is 5.79 Å². The number of hydrogen-bond acceptors (Lipinski definition) is 3. The fourth-order valence-electron chi connectivity index (χ4n) is 3.40. The lowest BCUT2D eigenvalue weighted by atomic mass is 9.68. The lowest BCUT2D eigenvalue weighted by Crippen LogP contribution is -2.64. The molecule has 0 N–H and O–H groups in total. The molecule has 1 fully saturated rings. The van der Waals surface area contributed by atoms with Gasteiger partial charge >= 0.3 is 0 Å². The van der Waals surface area contributed by atoms with Crippen molar-refractivity contribution in [1.82, 2.24) is 4.90 Å². The van der Waals surface area contributed by atoms with Crippen molar-refractivity contribution in [2.45, 2.75) is 72.8 Å². The Kier molecular flexibility index (Phi) is 6.02. The minimum Gasteiger partial charge on any atom is -0.349 e. The van der Waals surface area contributed by atoms with Gasteiger partial charge < -0.3 is 14.4 Å². The van der Waals surface area contributed by atoms with E-state index in [1.807, 2.05) is 18.7 Å². The highest BCUT2D eigenvalue weighted by molar-refractivity contribution is 5.81. The third kappa shape index (κ3) is 3.01. The van der Waals surface area contributed by atoms with Crippen molar-refractivity contribution in [1.29, 1.82) is 0 Å². The zero-order valence-corrected chi connectivity index (χ0v) is 14.1. The minimum atomic E-state index is -0.720. The molecule has 0 aromatic rings. The van der Waals surface area contributed by atoms with Crippen LogP contribution in [0, 0.1) is 11.8 Å². The van der Waals surface area contributed by atoms with Gasteiger partial charge in [-0.3, -0.25) is 4.79 Å². The molecule has 0 aliphatic heterocycles. The number of hydrogen-bond donors (Lipinski definition) is 0. The Morgan fingerprint density at radius 2 is 1.60 bits per heavy atom. The summed E-state index contributed by atoms with van der Waals surface area (Å²) in [7, 11) is 0. The van der Waals surface area contributed by atoms with Crippen molar-refractivity contribution in [3.8, 4) is 0 Å². The second-order valence-corrected chi connectivity index (χ2v) is 6.21. The predicted octanol–water partition coefficient (Wildman–Crippen LogP) is 3.06. The maximum atomic E-state index is 12.9. The Morgan fingerprint density at radius 1 is 1.15 bits per heavy atom. The van der Waals surface area contributed by atoms with Crippen LogP contribution in [0.1, 0.15) is 54.9 Å². The second kappa shape index (κ2) is 6.90. The molecule has 1 amide bonds. The van der Waals surface area contributed by atoms with Gasteiger partial charge in [-0.05, 0) is 48.0 Å². The molecule has 1 rings (SSSR count). The van der Waals surface area contributed by atoms with Gasteiger partial charge in [-0.2, -0.15) is 0 Å². The fourth-order valence-corrected chi connectivity index (χ4v) is 3.40. The average Bonchev–Trinajstić information content (AvgIpc) is 2.34. The Labute approximate surface area is 123 Å². The summed E-state index contributed by atoms with van der Waals surface area (Å²) in [6, 6.07) is 0.388. The first-order valence-electron chi connectivity index (χ1n) is 7.91. The van der Waals surface area contributed by atoms with Crippen LogP contribution < -0.4 is 0 Å². The van der Waals surface area contributed by atoms with Gasteiger partial charge in [0.05, 0.1) is 5.92 Å². The Hall–Kier alpha value is -0.610. The molecule has 4 nitrogen and oxygen atoms in total. The molecule has 0 bridgehead atoms. The van der Waals surface area contributed by atoms with E-state index in [-0.39, 0.29) is 29.8 Å². The summed E-state index contributed by atoms with van der Waals surface area (Å²) < 4.78 is 11.8. The molecule has 0 radical (unpaired) electrons. The Morgan fingerprint density at radius 3 is 1.90 bits per heavy atom. The van der Waals surface area contributed by atoms with Crippen LogP contribution >= 0.6 is 0 Å². The number of carbonyl (C=O) groups excluding carboxylic acids is 1. The van der Waals surface area contributed by atoms with Crippen molar-refractivity contribution in [3.63, 3.8) is 0 Å². The van der Waals surface area contributed by atoms with Crippen molar-refractivity contribution >= 4 is 5.91 Å². The Balaban J connectivity index is 2.96. The van der Waals surface area contributed by atoms with Crippen LogP contribution in [0.25, 0.3) is 0 Å². The van der Waals surface area contributed by atoms with Crippen molar-refractivity contribution in [3.05, 3.63) is 0 Å². The van der Waals surface area contributed by atoms with Crippen LogP contribution in [0.4, 0.5) is 0 Å². The first-order chi connectivity index (χ1) is 9.31. The quantitative estimate of drug-likeness (QED) is 0.675. The number of amides is 1. The molecule has 0 spiro atoms. The van der Waals surface area contributed by atoms with E-state index in [0.29, 0.717) is 13.2 Å². The third-order valence-corrected chi connectivity index (χ3v) is 4.17. The molecule has 20 heavy (non-hydrogen) atoms. The molecule has 0 heterocycles. The van der Waals surface area contributed by atoms with Crippen LogP contribution in [0.2, 0.25) is 0 Å². The van der Waals surface area contributed by atoms with Gasteiger partial charge in [-0.25, -0.2) is 0 Å². The molecule has 1 aliphatic rings.